The molecule has 2 heterocycles. The van der Waals surface area contributed by atoms with Crippen molar-refractivity contribution in [2.24, 2.45) is 0 Å². The average molecular weight is 288 g/mol. The lowest BCUT2D eigenvalue weighted by Crippen LogP contribution is -2.24. The summed E-state index contributed by atoms with van der Waals surface area (Å²) < 4.78 is 5.57. The van der Waals surface area contributed by atoms with E-state index in [-0.39, 0.29) is 0 Å². The lowest BCUT2D eigenvalue weighted by Gasteiger charge is -2.21. The van der Waals surface area contributed by atoms with Crippen LogP contribution in [0.15, 0.2) is 29.8 Å². The van der Waals surface area contributed by atoms with E-state index in [4.69, 9.17) is 4.74 Å². The second-order valence-electron chi connectivity index (χ2n) is 5.19. The van der Waals surface area contributed by atoms with E-state index in [0.717, 1.165) is 25.2 Å². The van der Waals surface area contributed by atoms with Gasteiger partial charge in [-0.3, -0.25) is 0 Å². The summed E-state index contributed by atoms with van der Waals surface area (Å²) >= 11 is 1.72. The van der Waals surface area contributed by atoms with Crippen molar-refractivity contribution in [2.75, 3.05) is 6.61 Å². The minimum atomic E-state index is 0.315. The summed E-state index contributed by atoms with van der Waals surface area (Å²) in [6.45, 7) is 5.23. The van der Waals surface area contributed by atoms with Crippen LogP contribution in [0.3, 0.4) is 0 Å². The van der Waals surface area contributed by atoms with Gasteiger partial charge in [-0.05, 0) is 30.5 Å². The summed E-state index contributed by atoms with van der Waals surface area (Å²) in [5.41, 5.74) is 2.66. The summed E-state index contributed by atoms with van der Waals surface area (Å²) in [5.74, 6) is 1.05. The van der Waals surface area contributed by atoms with Crippen molar-refractivity contribution in [3.05, 3.63) is 45.9 Å². The zero-order valence-corrected chi connectivity index (χ0v) is 12.7. The van der Waals surface area contributed by atoms with Crippen LogP contribution in [0.25, 0.3) is 0 Å². The second-order valence-corrected chi connectivity index (χ2v) is 6.11. The topological polar surface area (TPSA) is 34.1 Å². The molecule has 1 aliphatic rings. The molecular weight excluding hydrogens is 268 g/mol. The van der Waals surface area contributed by atoms with Gasteiger partial charge >= 0.3 is 0 Å². The van der Waals surface area contributed by atoms with E-state index in [1.54, 1.807) is 11.3 Å². The van der Waals surface area contributed by atoms with Crippen LogP contribution in [0.2, 0.25) is 0 Å². The highest BCUT2D eigenvalue weighted by Gasteiger charge is 2.18. The molecule has 0 amide bonds. The van der Waals surface area contributed by atoms with Crippen LogP contribution in [0.5, 0.6) is 5.75 Å². The van der Waals surface area contributed by atoms with E-state index in [0.29, 0.717) is 12.1 Å². The molecule has 0 spiro atoms. The molecule has 0 bridgehead atoms. The van der Waals surface area contributed by atoms with Crippen molar-refractivity contribution >= 4 is 11.3 Å². The number of rotatable bonds is 5. The number of benzene rings is 1. The third kappa shape index (κ3) is 2.72. The van der Waals surface area contributed by atoms with Crippen molar-refractivity contribution < 1.29 is 4.74 Å². The molecule has 3 rings (SSSR count). The Labute approximate surface area is 124 Å². The molecule has 3 nitrogen and oxygen atoms in total. The Bertz CT molecular complexity index is 568. The Morgan fingerprint density at radius 3 is 3.10 bits per heavy atom. The summed E-state index contributed by atoms with van der Waals surface area (Å²) in [7, 11) is 0. The predicted molar refractivity (Wildman–Crippen MR) is 82.3 cm³/mol. The molecule has 0 radical (unpaired) electrons. The van der Waals surface area contributed by atoms with Gasteiger partial charge in [0.25, 0.3) is 0 Å². The molecule has 0 saturated heterocycles. The van der Waals surface area contributed by atoms with E-state index < -0.39 is 0 Å². The van der Waals surface area contributed by atoms with Gasteiger partial charge in [-0.2, -0.15) is 0 Å². The van der Waals surface area contributed by atoms with E-state index in [1.807, 2.05) is 11.6 Å². The molecule has 1 aromatic carbocycles. The van der Waals surface area contributed by atoms with Crippen LogP contribution in [-0.4, -0.2) is 11.6 Å². The van der Waals surface area contributed by atoms with Gasteiger partial charge in [-0.25, -0.2) is 4.98 Å². The number of fused-ring (bicyclic) bond motifs is 1. The standard InChI is InChI=1S/C16H20N2OS/c1-3-14(16-17-7-9-20-16)18-11(2)12-4-5-15-13(10-12)6-8-19-15/h4-5,7,9-11,14,18H,3,6,8H2,1-2H3. The molecular formula is C16H20N2OS. The van der Waals surface area contributed by atoms with Crippen molar-refractivity contribution in [3.8, 4) is 5.75 Å². The Hall–Kier alpha value is -1.39. The average Bonchev–Trinajstić information content (AvgIpc) is 3.14. The second kappa shape index (κ2) is 5.94. The molecule has 2 aromatic rings. The van der Waals surface area contributed by atoms with E-state index >= 15 is 0 Å². The van der Waals surface area contributed by atoms with Gasteiger partial charge < -0.3 is 10.1 Å². The van der Waals surface area contributed by atoms with Crippen LogP contribution in [0, 0.1) is 0 Å². The Balaban J connectivity index is 1.74. The van der Waals surface area contributed by atoms with Crippen LogP contribution in [0.1, 0.15) is 48.5 Å². The van der Waals surface area contributed by atoms with Gasteiger partial charge in [-0.15, -0.1) is 11.3 Å². The number of nitrogens with zero attached hydrogens (tertiary/aromatic N) is 1. The van der Waals surface area contributed by atoms with Gasteiger partial charge in [0.1, 0.15) is 10.8 Å². The van der Waals surface area contributed by atoms with Crippen LogP contribution >= 0.6 is 11.3 Å². The highest BCUT2D eigenvalue weighted by atomic mass is 32.1. The first-order valence-corrected chi connectivity index (χ1v) is 8.07. The minimum absolute atomic E-state index is 0.315. The normalized spacial score (nSPS) is 16.5. The summed E-state index contributed by atoms with van der Waals surface area (Å²) in [4.78, 5) is 4.43. The molecule has 2 atom stereocenters. The highest BCUT2D eigenvalue weighted by Crippen LogP contribution is 2.29. The maximum atomic E-state index is 5.57. The van der Waals surface area contributed by atoms with Crippen LogP contribution in [-0.2, 0) is 6.42 Å². The summed E-state index contributed by atoms with van der Waals surface area (Å²) in [6, 6.07) is 7.18. The number of thiazole rings is 1. The quantitative estimate of drug-likeness (QED) is 0.906. The zero-order chi connectivity index (χ0) is 13.9. The maximum Gasteiger partial charge on any atom is 0.122 e. The zero-order valence-electron chi connectivity index (χ0n) is 11.9. The first-order chi connectivity index (χ1) is 9.78. The lowest BCUT2D eigenvalue weighted by atomic mass is 10.0. The van der Waals surface area contributed by atoms with Gasteiger partial charge in [0.05, 0.1) is 12.6 Å². The monoisotopic (exact) mass is 288 g/mol. The summed E-state index contributed by atoms with van der Waals surface area (Å²) in [6.07, 6.45) is 3.95. The van der Waals surface area contributed by atoms with Crippen LogP contribution in [0.4, 0.5) is 0 Å². The number of aromatic nitrogens is 1. The van der Waals surface area contributed by atoms with E-state index in [1.165, 1.54) is 16.1 Å². The molecule has 106 valence electrons. The largest absolute Gasteiger partial charge is 0.493 e. The maximum absolute atomic E-state index is 5.57. The molecule has 4 heteroatoms. The van der Waals surface area contributed by atoms with Crippen molar-refractivity contribution in [1.82, 2.24) is 10.3 Å². The molecule has 0 saturated carbocycles. The predicted octanol–water partition coefficient (Wildman–Crippen LogP) is 3.88. The fraction of sp³-hybridized carbons (Fsp3) is 0.438. The molecule has 1 aliphatic heterocycles. The van der Waals surface area contributed by atoms with Gasteiger partial charge in [0.2, 0.25) is 0 Å². The van der Waals surface area contributed by atoms with Crippen molar-refractivity contribution in [2.45, 2.75) is 38.8 Å². The fourth-order valence-electron chi connectivity index (χ4n) is 2.64. The number of nitrogens with one attached hydrogen (secondary N) is 1. The smallest absolute Gasteiger partial charge is 0.122 e. The van der Waals surface area contributed by atoms with Crippen molar-refractivity contribution in [3.63, 3.8) is 0 Å². The minimum Gasteiger partial charge on any atom is -0.493 e. The number of hydrogen-bond donors (Lipinski definition) is 1. The van der Waals surface area contributed by atoms with Crippen LogP contribution < -0.4 is 10.1 Å². The molecule has 0 fully saturated rings. The fourth-order valence-corrected chi connectivity index (χ4v) is 3.43. The molecule has 20 heavy (non-hydrogen) atoms. The first-order valence-electron chi connectivity index (χ1n) is 7.19. The SMILES string of the molecule is CCC(NC(C)c1ccc2c(c1)CCO2)c1nccs1. The Kier molecular flexibility index (Phi) is 4.03. The molecule has 0 aliphatic carbocycles. The molecule has 1 aromatic heterocycles. The molecule has 2 unspecified atom stereocenters. The first kappa shape index (κ1) is 13.6. The van der Waals surface area contributed by atoms with E-state index in [2.05, 4.69) is 42.3 Å². The van der Waals surface area contributed by atoms with Crippen molar-refractivity contribution in [1.29, 1.82) is 0 Å². The lowest BCUT2D eigenvalue weighted by molar-refractivity contribution is 0.356. The van der Waals surface area contributed by atoms with Gasteiger partial charge in [0.15, 0.2) is 0 Å². The third-order valence-electron chi connectivity index (χ3n) is 3.82. The Morgan fingerprint density at radius 2 is 2.35 bits per heavy atom. The molecule has 1 N–H and O–H groups in total. The number of hydrogen-bond acceptors (Lipinski definition) is 4. The summed E-state index contributed by atoms with van der Waals surface area (Å²) in [5, 5.41) is 6.89. The van der Waals surface area contributed by atoms with Gasteiger partial charge in [0, 0.05) is 24.0 Å². The Morgan fingerprint density at radius 1 is 1.45 bits per heavy atom. The van der Waals surface area contributed by atoms with Gasteiger partial charge in [-0.1, -0.05) is 19.1 Å². The number of ether oxygens (including phenoxy) is 1. The highest BCUT2D eigenvalue weighted by molar-refractivity contribution is 7.09. The third-order valence-corrected chi connectivity index (χ3v) is 4.71. The van der Waals surface area contributed by atoms with E-state index in [9.17, 15) is 0 Å².